The van der Waals surface area contributed by atoms with Gasteiger partial charge < -0.3 is 39.0 Å². The summed E-state index contributed by atoms with van der Waals surface area (Å²) in [4.78, 5) is 43.9. The lowest BCUT2D eigenvalue weighted by molar-refractivity contribution is 0.0258. The number of anilines is 4. The number of benzene rings is 2. The van der Waals surface area contributed by atoms with Gasteiger partial charge in [-0.05, 0) is 82.6 Å². The summed E-state index contributed by atoms with van der Waals surface area (Å²) >= 11 is 0. The van der Waals surface area contributed by atoms with E-state index in [0.29, 0.717) is 73.0 Å². The molecule has 2 aromatic carbocycles. The van der Waals surface area contributed by atoms with Gasteiger partial charge in [0.15, 0.2) is 11.6 Å². The number of H-pyrrole nitrogens is 1. The van der Waals surface area contributed by atoms with Gasteiger partial charge in [0.1, 0.15) is 34.6 Å². The summed E-state index contributed by atoms with van der Waals surface area (Å²) in [5, 5.41) is 17.8. The van der Waals surface area contributed by atoms with Crippen molar-refractivity contribution in [2.75, 3.05) is 66.0 Å². The van der Waals surface area contributed by atoms with Crippen molar-refractivity contribution in [1.82, 2.24) is 60.5 Å². The molecule has 2 N–H and O–H groups in total. The smallest absolute Gasteiger partial charge is 0.227 e. The minimum absolute atomic E-state index is 0.0260. The lowest BCUT2D eigenvalue weighted by atomic mass is 9.91. The Balaban J connectivity index is 0.813. The van der Waals surface area contributed by atoms with Crippen LogP contribution in [0.2, 0.25) is 0 Å². The standard InChI is InChI=1S/C47H53FN16O4/c1-28-42(48)46(56-29(2)55-28)57-31-3-7-35(8-4-31)67-40-24-34(22-38-44(40)52-14-12-50-38)63-17-20-66-41(27-63)64(47-53-25-30(26-54-47)45-58-60-61-59-45)32-5-9-36(10-6-32)68-39-23-33(62-15-18-65-19-16-62)21-37-43(39)51-13-11-49-37/h11-14,21-26,31-32,35-36,41H,3-10,15-20,27H2,1-2H3,(H,55,56,57)(H,58,59,60,61). The first-order valence-corrected chi connectivity index (χ1v) is 23.5. The topological polar surface area (TPSA) is 216 Å². The molecule has 21 heteroatoms. The van der Waals surface area contributed by atoms with Crippen LogP contribution in [0.1, 0.15) is 62.9 Å². The fourth-order valence-corrected chi connectivity index (χ4v) is 9.95. The summed E-state index contributed by atoms with van der Waals surface area (Å²) in [5.41, 5.74) is 6.04. The molecule has 4 fully saturated rings. The predicted octanol–water partition coefficient (Wildman–Crippen LogP) is 5.79. The average molecular weight is 925 g/mol. The van der Waals surface area contributed by atoms with Crippen molar-refractivity contribution in [2.24, 2.45) is 0 Å². The summed E-state index contributed by atoms with van der Waals surface area (Å²) in [6.45, 7) is 8.10. The fourth-order valence-electron chi connectivity index (χ4n) is 9.95. The van der Waals surface area contributed by atoms with E-state index in [2.05, 4.69) is 84.8 Å². The minimum Gasteiger partial charge on any atom is -0.488 e. The average Bonchev–Trinajstić information content (AvgIpc) is 3.93. The first kappa shape index (κ1) is 43.6. The van der Waals surface area contributed by atoms with Crippen molar-refractivity contribution in [1.29, 1.82) is 0 Å². The number of nitrogens with zero attached hydrogens (tertiary/aromatic N) is 14. The van der Waals surface area contributed by atoms with Crippen LogP contribution in [-0.2, 0) is 9.47 Å². The van der Waals surface area contributed by atoms with Gasteiger partial charge in [-0.3, -0.25) is 9.97 Å². The Bertz CT molecular complexity index is 2840. The number of hydrogen-bond acceptors (Lipinski definition) is 19. The van der Waals surface area contributed by atoms with E-state index in [0.717, 1.165) is 98.1 Å². The number of halogens is 1. The number of tetrazole rings is 1. The van der Waals surface area contributed by atoms with E-state index in [-0.39, 0.29) is 36.3 Å². The third kappa shape index (κ3) is 9.31. The highest BCUT2D eigenvalue weighted by molar-refractivity contribution is 5.86. The summed E-state index contributed by atoms with van der Waals surface area (Å²) in [6.07, 6.45) is 16.3. The monoisotopic (exact) mass is 924 g/mol. The van der Waals surface area contributed by atoms with Crippen molar-refractivity contribution in [2.45, 2.75) is 95.7 Å². The zero-order valence-electron chi connectivity index (χ0n) is 38.0. The zero-order valence-corrected chi connectivity index (χ0v) is 38.0. The van der Waals surface area contributed by atoms with Crippen LogP contribution >= 0.6 is 0 Å². The molecule has 0 bridgehead atoms. The zero-order chi connectivity index (χ0) is 46.0. The first-order chi connectivity index (χ1) is 33.4. The van der Waals surface area contributed by atoms with Gasteiger partial charge in [-0.1, -0.05) is 0 Å². The largest absolute Gasteiger partial charge is 0.488 e. The van der Waals surface area contributed by atoms with Crippen LogP contribution in [0.3, 0.4) is 0 Å². The van der Waals surface area contributed by atoms with Crippen LogP contribution in [-0.4, -0.2) is 137 Å². The van der Waals surface area contributed by atoms with E-state index in [4.69, 9.17) is 38.9 Å². The lowest BCUT2D eigenvalue weighted by Crippen LogP contribution is -2.56. The number of aromatic amines is 1. The van der Waals surface area contributed by atoms with Crippen molar-refractivity contribution < 1.29 is 23.3 Å². The summed E-state index contributed by atoms with van der Waals surface area (Å²) in [6, 6.07) is 8.47. The number of morpholine rings is 2. The van der Waals surface area contributed by atoms with E-state index < -0.39 is 5.82 Å². The quantitative estimate of drug-likeness (QED) is 0.148. The minimum atomic E-state index is -0.403. The van der Waals surface area contributed by atoms with Gasteiger partial charge in [0.05, 0.1) is 60.9 Å². The number of aromatic nitrogens is 12. The SMILES string of the molecule is Cc1nc(C)c(F)c(NC2CCC(Oc3cc(N4CCOC(N(c5ncc(-c6nn[nH]n6)cn5)C5CCC(Oc6cc(N7CCOCC7)cc7nccnc67)CC5)C4)cc4nccnc34)CC2)n1. The highest BCUT2D eigenvalue weighted by Gasteiger charge is 2.37. The van der Waals surface area contributed by atoms with E-state index in [1.807, 2.05) is 0 Å². The number of nitrogens with one attached hydrogen (secondary N) is 2. The van der Waals surface area contributed by atoms with Gasteiger partial charge in [-0.15, -0.1) is 10.2 Å². The first-order valence-electron chi connectivity index (χ1n) is 23.5. The highest BCUT2D eigenvalue weighted by Crippen LogP contribution is 2.38. The van der Waals surface area contributed by atoms with Crippen LogP contribution in [0.25, 0.3) is 33.5 Å². The van der Waals surface area contributed by atoms with Gasteiger partial charge >= 0.3 is 0 Å². The van der Waals surface area contributed by atoms with Gasteiger partial charge in [-0.2, -0.15) is 5.21 Å². The molecule has 1 unspecified atom stereocenters. The molecule has 5 aromatic heterocycles. The van der Waals surface area contributed by atoms with E-state index in [9.17, 15) is 4.39 Å². The summed E-state index contributed by atoms with van der Waals surface area (Å²) in [5.74, 6) is 2.80. The predicted molar refractivity (Wildman–Crippen MR) is 250 cm³/mol. The Morgan fingerprint density at radius 2 is 1.34 bits per heavy atom. The lowest BCUT2D eigenvalue weighted by Gasteiger charge is -2.45. The van der Waals surface area contributed by atoms with Crippen molar-refractivity contribution >= 4 is 45.2 Å². The molecule has 68 heavy (non-hydrogen) atoms. The molecule has 4 aliphatic rings. The second kappa shape index (κ2) is 19.3. The molecule has 0 spiro atoms. The molecule has 11 rings (SSSR count). The second-order valence-corrected chi connectivity index (χ2v) is 17.8. The molecule has 2 saturated carbocycles. The van der Waals surface area contributed by atoms with Gasteiger partial charge in [0, 0.05) is 92.4 Å². The maximum atomic E-state index is 14.9. The molecule has 0 amide bonds. The van der Waals surface area contributed by atoms with E-state index in [1.54, 1.807) is 51.0 Å². The van der Waals surface area contributed by atoms with Gasteiger partial charge in [-0.25, -0.2) is 34.3 Å². The molecule has 352 valence electrons. The van der Waals surface area contributed by atoms with E-state index in [1.165, 1.54) is 0 Å². The molecular weight excluding hydrogens is 872 g/mol. The van der Waals surface area contributed by atoms with Crippen LogP contribution < -0.4 is 29.5 Å². The van der Waals surface area contributed by atoms with Crippen molar-refractivity contribution in [3.05, 3.63) is 78.8 Å². The molecule has 1 atom stereocenters. The summed E-state index contributed by atoms with van der Waals surface area (Å²) in [7, 11) is 0. The Kier molecular flexibility index (Phi) is 12.4. The Morgan fingerprint density at radius 1 is 0.721 bits per heavy atom. The van der Waals surface area contributed by atoms with Crippen molar-refractivity contribution in [3.8, 4) is 22.9 Å². The normalized spacial score (nSPS) is 22.3. The molecule has 7 heterocycles. The Morgan fingerprint density at radius 3 is 1.99 bits per heavy atom. The second-order valence-electron chi connectivity index (χ2n) is 17.8. The number of fused-ring (bicyclic) bond motifs is 2. The number of hydrogen-bond donors (Lipinski definition) is 2. The van der Waals surface area contributed by atoms with Crippen LogP contribution in [0.15, 0.2) is 61.4 Å². The van der Waals surface area contributed by atoms with Crippen LogP contribution in [0.5, 0.6) is 11.5 Å². The molecule has 2 aliphatic heterocycles. The van der Waals surface area contributed by atoms with Crippen LogP contribution in [0, 0.1) is 19.7 Å². The fraction of sp³-hybridized carbons (Fsp3) is 0.468. The number of aryl methyl sites for hydroxylation is 2. The maximum Gasteiger partial charge on any atom is 0.227 e. The molecule has 2 aliphatic carbocycles. The highest BCUT2D eigenvalue weighted by atomic mass is 19.1. The Hall–Kier alpha value is -7.00. The Labute approximate surface area is 391 Å². The van der Waals surface area contributed by atoms with Gasteiger partial charge in [0.25, 0.3) is 0 Å². The van der Waals surface area contributed by atoms with Crippen molar-refractivity contribution in [3.63, 3.8) is 0 Å². The molecule has 20 nitrogen and oxygen atoms in total. The van der Waals surface area contributed by atoms with E-state index >= 15 is 0 Å². The molecule has 7 aromatic rings. The number of ether oxygens (including phenoxy) is 4. The molecule has 0 radical (unpaired) electrons. The summed E-state index contributed by atoms with van der Waals surface area (Å²) < 4.78 is 40.8. The van der Waals surface area contributed by atoms with Gasteiger partial charge in [0.2, 0.25) is 11.8 Å². The maximum absolute atomic E-state index is 14.9. The molecular formula is C47H53FN16O4. The van der Waals surface area contributed by atoms with Crippen LogP contribution in [0.4, 0.5) is 27.5 Å². The third-order valence-corrected chi connectivity index (χ3v) is 13.4. The molecule has 2 saturated heterocycles. The number of rotatable bonds is 12. The third-order valence-electron chi connectivity index (χ3n) is 13.4.